The van der Waals surface area contributed by atoms with Crippen molar-refractivity contribution in [1.82, 2.24) is 4.90 Å². The van der Waals surface area contributed by atoms with Crippen LogP contribution in [0.25, 0.3) is 0 Å². The predicted molar refractivity (Wildman–Crippen MR) is 136 cm³/mol. The number of nitriles is 1. The zero-order valence-corrected chi connectivity index (χ0v) is 22.3. The van der Waals surface area contributed by atoms with Crippen molar-refractivity contribution in [1.29, 1.82) is 5.26 Å². The van der Waals surface area contributed by atoms with Crippen molar-refractivity contribution in [2.24, 2.45) is 0 Å². The number of hydrogen-bond acceptors (Lipinski definition) is 6. The standard InChI is InChI=1S/C28H33FN2O5S/c1-4-35-24-16-25(20-5-8-23(29)9-6-20)36-28(17-24)11-13-31(14-12-28)27(32)21-7-10-26(22(15-21)18-30)37(33,34)19(2)3/h5-10,15,19,24-25H,4,11-14,16-17H2,1-3H3/t24-,25-/m0/s1. The van der Waals surface area contributed by atoms with E-state index in [0.717, 1.165) is 12.0 Å². The maximum absolute atomic E-state index is 13.5. The Morgan fingerprint density at radius 1 is 1.22 bits per heavy atom. The van der Waals surface area contributed by atoms with E-state index in [1.54, 1.807) is 30.9 Å². The molecule has 2 saturated heterocycles. The zero-order valence-electron chi connectivity index (χ0n) is 21.4. The van der Waals surface area contributed by atoms with Gasteiger partial charge in [-0.15, -0.1) is 0 Å². The van der Waals surface area contributed by atoms with E-state index in [9.17, 15) is 22.9 Å². The van der Waals surface area contributed by atoms with Gasteiger partial charge in [0.1, 0.15) is 11.9 Å². The Morgan fingerprint density at radius 2 is 1.89 bits per heavy atom. The normalized spacial score (nSPS) is 21.7. The number of halogens is 1. The molecule has 0 bridgehead atoms. The molecule has 4 rings (SSSR count). The van der Waals surface area contributed by atoms with E-state index in [1.165, 1.54) is 30.3 Å². The topological polar surface area (TPSA) is 96.7 Å². The molecule has 2 aromatic rings. The third kappa shape index (κ3) is 5.71. The fourth-order valence-corrected chi connectivity index (χ4v) is 6.43. The van der Waals surface area contributed by atoms with E-state index in [2.05, 4.69) is 0 Å². The summed E-state index contributed by atoms with van der Waals surface area (Å²) in [6.07, 6.45) is 2.43. The van der Waals surface area contributed by atoms with E-state index in [4.69, 9.17) is 9.47 Å². The lowest BCUT2D eigenvalue weighted by molar-refractivity contribution is -0.190. The molecule has 2 fully saturated rings. The van der Waals surface area contributed by atoms with Crippen molar-refractivity contribution < 1.29 is 27.1 Å². The van der Waals surface area contributed by atoms with Crippen molar-refractivity contribution >= 4 is 15.7 Å². The van der Waals surface area contributed by atoms with Crippen LogP contribution in [0.5, 0.6) is 0 Å². The number of benzene rings is 2. The smallest absolute Gasteiger partial charge is 0.253 e. The molecule has 0 aromatic heterocycles. The number of carbonyl (C=O) groups is 1. The van der Waals surface area contributed by atoms with Gasteiger partial charge in [-0.1, -0.05) is 12.1 Å². The van der Waals surface area contributed by atoms with Crippen LogP contribution in [-0.4, -0.2) is 55.9 Å². The van der Waals surface area contributed by atoms with Gasteiger partial charge < -0.3 is 14.4 Å². The van der Waals surface area contributed by atoms with Gasteiger partial charge in [-0.25, -0.2) is 12.8 Å². The number of amides is 1. The Kier molecular flexibility index (Phi) is 8.02. The molecule has 2 aromatic carbocycles. The lowest BCUT2D eigenvalue weighted by atomic mass is 9.80. The van der Waals surface area contributed by atoms with Gasteiger partial charge >= 0.3 is 0 Å². The first-order valence-corrected chi connectivity index (χ1v) is 14.3. The lowest BCUT2D eigenvalue weighted by Gasteiger charge is -2.48. The Hall–Kier alpha value is -2.80. The first kappa shape index (κ1) is 27.2. The number of ether oxygens (including phenoxy) is 2. The monoisotopic (exact) mass is 528 g/mol. The largest absolute Gasteiger partial charge is 0.378 e. The summed E-state index contributed by atoms with van der Waals surface area (Å²) >= 11 is 0. The average molecular weight is 529 g/mol. The van der Waals surface area contributed by atoms with Crippen LogP contribution in [0, 0.1) is 17.1 Å². The Bertz CT molecular complexity index is 1280. The molecule has 0 unspecified atom stereocenters. The van der Waals surface area contributed by atoms with Crippen molar-refractivity contribution in [2.75, 3.05) is 19.7 Å². The molecule has 198 valence electrons. The number of nitrogens with zero attached hydrogens (tertiary/aromatic N) is 2. The van der Waals surface area contributed by atoms with Gasteiger partial charge in [0.15, 0.2) is 9.84 Å². The van der Waals surface area contributed by atoms with Gasteiger partial charge in [-0.05, 0) is 69.5 Å². The third-order valence-electron chi connectivity index (χ3n) is 7.35. The molecule has 37 heavy (non-hydrogen) atoms. The molecule has 1 spiro atoms. The number of carbonyl (C=O) groups excluding carboxylic acids is 1. The first-order chi connectivity index (χ1) is 17.6. The molecular formula is C28H33FN2O5S. The number of sulfone groups is 1. The maximum Gasteiger partial charge on any atom is 0.253 e. The second-order valence-electron chi connectivity index (χ2n) is 10.1. The van der Waals surface area contributed by atoms with Crippen LogP contribution in [-0.2, 0) is 19.3 Å². The van der Waals surface area contributed by atoms with E-state index < -0.39 is 20.7 Å². The highest BCUT2D eigenvalue weighted by Crippen LogP contribution is 2.44. The molecule has 2 aliphatic heterocycles. The molecule has 0 aliphatic carbocycles. The molecule has 0 saturated carbocycles. The number of rotatable bonds is 6. The van der Waals surface area contributed by atoms with E-state index >= 15 is 0 Å². The highest BCUT2D eigenvalue weighted by Gasteiger charge is 2.45. The average Bonchev–Trinajstić information content (AvgIpc) is 2.88. The number of likely N-dealkylation sites (tertiary alicyclic amines) is 1. The summed E-state index contributed by atoms with van der Waals surface area (Å²) in [5, 5.41) is 8.89. The zero-order chi connectivity index (χ0) is 26.8. The van der Waals surface area contributed by atoms with Crippen LogP contribution < -0.4 is 0 Å². The third-order valence-corrected chi connectivity index (χ3v) is 9.56. The van der Waals surface area contributed by atoms with Crippen molar-refractivity contribution in [3.05, 3.63) is 65.0 Å². The maximum atomic E-state index is 13.5. The highest BCUT2D eigenvalue weighted by molar-refractivity contribution is 7.92. The highest BCUT2D eigenvalue weighted by atomic mass is 32.2. The summed E-state index contributed by atoms with van der Waals surface area (Å²) in [5.74, 6) is -0.538. The predicted octanol–water partition coefficient (Wildman–Crippen LogP) is 4.81. The SMILES string of the molecule is CCO[C@H]1C[C@@H](c2ccc(F)cc2)OC2(CCN(C(=O)c3ccc(S(=O)(=O)C(C)C)c(C#N)c3)CC2)C1. The molecule has 2 atom stereocenters. The van der Waals surface area contributed by atoms with E-state index in [-0.39, 0.29) is 40.0 Å². The van der Waals surface area contributed by atoms with Crippen molar-refractivity contribution in [2.45, 2.75) is 74.4 Å². The van der Waals surface area contributed by atoms with Gasteiger partial charge in [0, 0.05) is 38.1 Å². The van der Waals surface area contributed by atoms with Gasteiger partial charge in [0.25, 0.3) is 5.91 Å². The Morgan fingerprint density at radius 3 is 2.49 bits per heavy atom. The summed E-state index contributed by atoms with van der Waals surface area (Å²) in [6.45, 7) is 6.59. The van der Waals surface area contributed by atoms with Crippen LogP contribution in [0.3, 0.4) is 0 Å². The summed E-state index contributed by atoms with van der Waals surface area (Å²) < 4.78 is 51.3. The van der Waals surface area contributed by atoms with Crippen LogP contribution >= 0.6 is 0 Å². The van der Waals surface area contributed by atoms with Crippen molar-refractivity contribution in [3.63, 3.8) is 0 Å². The quantitative estimate of drug-likeness (QED) is 0.534. The second-order valence-corrected chi connectivity index (χ2v) is 12.5. The minimum Gasteiger partial charge on any atom is -0.378 e. The van der Waals surface area contributed by atoms with Gasteiger partial charge in [-0.2, -0.15) is 5.26 Å². The van der Waals surface area contributed by atoms with Gasteiger partial charge in [0.05, 0.1) is 33.5 Å². The summed E-state index contributed by atoms with van der Waals surface area (Å²) in [4.78, 5) is 15.0. The molecular weight excluding hydrogens is 495 g/mol. The molecule has 0 N–H and O–H groups in total. The van der Waals surface area contributed by atoms with Crippen molar-refractivity contribution in [3.8, 4) is 6.07 Å². The molecule has 0 radical (unpaired) electrons. The minimum absolute atomic E-state index is 0.00434. The number of hydrogen-bond donors (Lipinski definition) is 0. The second kappa shape index (κ2) is 10.9. The van der Waals surface area contributed by atoms with Crippen LogP contribution in [0.2, 0.25) is 0 Å². The Balaban J connectivity index is 1.50. The molecule has 7 nitrogen and oxygen atoms in total. The van der Waals surface area contributed by atoms with Gasteiger partial charge in [-0.3, -0.25) is 4.79 Å². The van der Waals surface area contributed by atoms with Crippen LogP contribution in [0.1, 0.15) is 74.0 Å². The summed E-state index contributed by atoms with van der Waals surface area (Å²) in [7, 11) is -3.64. The van der Waals surface area contributed by atoms with Gasteiger partial charge in [0.2, 0.25) is 0 Å². The molecule has 2 aliphatic rings. The minimum atomic E-state index is -3.64. The van der Waals surface area contributed by atoms with Crippen LogP contribution in [0.4, 0.5) is 4.39 Å². The Labute approximate surface area is 218 Å². The van der Waals surface area contributed by atoms with E-state index in [1.807, 2.05) is 13.0 Å². The fourth-order valence-electron chi connectivity index (χ4n) is 5.25. The number of piperidine rings is 1. The van der Waals surface area contributed by atoms with E-state index in [0.29, 0.717) is 39.0 Å². The van der Waals surface area contributed by atoms with Crippen LogP contribution in [0.15, 0.2) is 47.4 Å². The first-order valence-electron chi connectivity index (χ1n) is 12.7. The molecule has 9 heteroatoms. The fraction of sp³-hybridized carbons (Fsp3) is 0.500. The summed E-state index contributed by atoms with van der Waals surface area (Å²) in [5.41, 5.74) is 0.714. The molecule has 2 heterocycles. The summed E-state index contributed by atoms with van der Waals surface area (Å²) in [6, 6.07) is 12.5. The molecule has 1 amide bonds. The lowest BCUT2D eigenvalue weighted by Crippen LogP contribution is -2.52.